The lowest BCUT2D eigenvalue weighted by Gasteiger charge is -2.34. The van der Waals surface area contributed by atoms with Crippen LogP contribution >= 0.6 is 0 Å². The van der Waals surface area contributed by atoms with Crippen LogP contribution in [0.2, 0.25) is 0 Å². The lowest BCUT2D eigenvalue weighted by Crippen LogP contribution is -2.52. The van der Waals surface area contributed by atoms with Gasteiger partial charge in [-0.3, -0.25) is 14.4 Å². The van der Waals surface area contributed by atoms with Crippen LogP contribution in [-0.4, -0.2) is 51.9 Å². The van der Waals surface area contributed by atoms with E-state index in [4.69, 9.17) is 5.11 Å². The highest BCUT2D eigenvalue weighted by molar-refractivity contribution is 6.04. The Hall–Kier alpha value is -2.52. The number of rotatable bonds is 4. The van der Waals surface area contributed by atoms with Gasteiger partial charge in [0.15, 0.2) is 5.69 Å². The first-order valence-corrected chi connectivity index (χ1v) is 6.93. The Morgan fingerprint density at radius 1 is 1.35 bits per heavy atom. The van der Waals surface area contributed by atoms with Crippen LogP contribution in [0.15, 0.2) is 6.33 Å². The fraction of sp³-hybridized carbons (Fsp3) is 0.538. The zero-order valence-electron chi connectivity index (χ0n) is 12.2. The molecule has 0 aliphatic heterocycles. The molecule has 1 saturated carbocycles. The zero-order chi connectivity index (χ0) is 17.2. The number of imidazole rings is 1. The monoisotopic (exact) mass is 330 g/mol. The van der Waals surface area contributed by atoms with Crippen LogP contribution in [0.5, 0.6) is 0 Å². The number of aliphatic carboxylic acids is 1. The summed E-state index contributed by atoms with van der Waals surface area (Å²) in [7, 11) is 1.35. The number of alkyl halides is 2. The number of halogens is 2. The quantitative estimate of drug-likeness (QED) is 0.636. The van der Waals surface area contributed by atoms with E-state index in [9.17, 15) is 23.2 Å². The van der Waals surface area contributed by atoms with Gasteiger partial charge in [0.05, 0.1) is 18.3 Å². The van der Waals surface area contributed by atoms with Gasteiger partial charge in [0.25, 0.3) is 17.7 Å². The second kappa shape index (κ2) is 6.31. The van der Waals surface area contributed by atoms with Gasteiger partial charge in [0.2, 0.25) is 0 Å². The first-order valence-electron chi connectivity index (χ1n) is 6.93. The maximum atomic E-state index is 14.0. The molecule has 8 nitrogen and oxygen atoms in total. The van der Waals surface area contributed by atoms with Crippen molar-refractivity contribution in [2.24, 2.45) is 5.92 Å². The van der Waals surface area contributed by atoms with Gasteiger partial charge in [-0.2, -0.15) is 0 Å². The maximum Gasteiger partial charge on any atom is 0.306 e. The summed E-state index contributed by atoms with van der Waals surface area (Å²) in [6.45, 7) is 0. The van der Waals surface area contributed by atoms with Crippen LogP contribution in [0.25, 0.3) is 0 Å². The largest absolute Gasteiger partial charge is 0.481 e. The number of aromatic amines is 1. The molecular weight excluding hydrogens is 314 g/mol. The SMILES string of the molecule is CNC(=O)c1[nH]cnc1C(=O)NC1CCC(C(=O)O)CC1(F)F. The molecule has 1 heterocycles. The van der Waals surface area contributed by atoms with E-state index >= 15 is 0 Å². The number of hydrogen-bond acceptors (Lipinski definition) is 4. The average molecular weight is 330 g/mol. The first-order chi connectivity index (χ1) is 10.8. The minimum atomic E-state index is -3.35. The molecule has 1 fully saturated rings. The lowest BCUT2D eigenvalue weighted by atomic mass is 9.83. The summed E-state index contributed by atoms with van der Waals surface area (Å²) in [6.07, 6.45) is 0.142. The molecule has 126 valence electrons. The number of nitrogens with one attached hydrogen (secondary N) is 3. The Balaban J connectivity index is 2.10. The Morgan fingerprint density at radius 3 is 2.61 bits per heavy atom. The van der Waals surface area contributed by atoms with Crippen molar-refractivity contribution >= 4 is 17.8 Å². The molecule has 1 aliphatic carbocycles. The predicted octanol–water partition coefficient (Wildman–Crippen LogP) is 0.388. The predicted molar refractivity (Wildman–Crippen MR) is 73.2 cm³/mol. The van der Waals surface area contributed by atoms with Crippen molar-refractivity contribution in [2.75, 3.05) is 7.05 Å². The molecule has 1 aliphatic rings. The number of nitrogens with zero attached hydrogens (tertiary/aromatic N) is 1. The normalized spacial score (nSPS) is 23.1. The molecule has 2 atom stereocenters. The molecule has 2 unspecified atom stereocenters. The van der Waals surface area contributed by atoms with Crippen LogP contribution in [0.3, 0.4) is 0 Å². The highest BCUT2D eigenvalue weighted by Crippen LogP contribution is 2.37. The van der Waals surface area contributed by atoms with Gasteiger partial charge >= 0.3 is 5.97 Å². The van der Waals surface area contributed by atoms with E-state index in [0.29, 0.717) is 0 Å². The number of hydrogen-bond donors (Lipinski definition) is 4. The number of carbonyl (C=O) groups is 3. The van der Waals surface area contributed by atoms with Crippen LogP contribution in [0.1, 0.15) is 40.2 Å². The third kappa shape index (κ3) is 3.46. The van der Waals surface area contributed by atoms with Gasteiger partial charge in [-0.15, -0.1) is 0 Å². The average Bonchev–Trinajstić information content (AvgIpc) is 2.97. The fourth-order valence-electron chi connectivity index (χ4n) is 2.53. The van der Waals surface area contributed by atoms with Crippen molar-refractivity contribution < 1.29 is 28.3 Å². The molecular formula is C13H16F2N4O4. The van der Waals surface area contributed by atoms with E-state index in [1.54, 1.807) is 0 Å². The van der Waals surface area contributed by atoms with Crippen LogP contribution < -0.4 is 10.6 Å². The molecule has 2 amide bonds. The number of H-pyrrole nitrogens is 1. The molecule has 0 radical (unpaired) electrons. The van der Waals surface area contributed by atoms with E-state index in [1.807, 2.05) is 0 Å². The maximum absolute atomic E-state index is 14.0. The standard InChI is InChI=1S/C13H16F2N4O4/c1-16-10(20)8-9(18-5-17-8)11(21)19-7-3-2-6(12(22)23)4-13(7,14)15/h5-7H,2-4H2,1H3,(H,16,20)(H,17,18)(H,19,21)(H,22,23). The zero-order valence-corrected chi connectivity index (χ0v) is 12.2. The van der Waals surface area contributed by atoms with Gasteiger partial charge in [-0.25, -0.2) is 13.8 Å². The summed E-state index contributed by atoms with van der Waals surface area (Å²) < 4.78 is 28.0. The number of amides is 2. The Labute approximate surface area is 129 Å². The topological polar surface area (TPSA) is 124 Å². The second-order valence-corrected chi connectivity index (χ2v) is 5.31. The Kier molecular flexibility index (Phi) is 4.62. The third-order valence-electron chi connectivity index (χ3n) is 3.80. The minimum Gasteiger partial charge on any atom is -0.481 e. The molecule has 0 bridgehead atoms. The fourth-order valence-corrected chi connectivity index (χ4v) is 2.53. The van der Waals surface area contributed by atoms with Gasteiger partial charge < -0.3 is 20.7 Å². The summed E-state index contributed by atoms with van der Waals surface area (Å²) in [6, 6.07) is -1.50. The molecule has 23 heavy (non-hydrogen) atoms. The van der Waals surface area contributed by atoms with Crippen molar-refractivity contribution in [3.63, 3.8) is 0 Å². The third-order valence-corrected chi connectivity index (χ3v) is 3.80. The van der Waals surface area contributed by atoms with Gasteiger partial charge in [-0.05, 0) is 12.8 Å². The van der Waals surface area contributed by atoms with Crippen molar-refractivity contribution in [2.45, 2.75) is 31.2 Å². The van der Waals surface area contributed by atoms with E-state index in [2.05, 4.69) is 20.6 Å². The Morgan fingerprint density at radius 2 is 2.04 bits per heavy atom. The highest BCUT2D eigenvalue weighted by Gasteiger charge is 2.48. The van der Waals surface area contributed by atoms with E-state index in [-0.39, 0.29) is 24.2 Å². The van der Waals surface area contributed by atoms with Crippen molar-refractivity contribution in [1.82, 2.24) is 20.6 Å². The van der Waals surface area contributed by atoms with E-state index in [1.165, 1.54) is 7.05 Å². The molecule has 10 heteroatoms. The summed E-state index contributed by atoms with van der Waals surface area (Å²) >= 11 is 0. The van der Waals surface area contributed by atoms with Gasteiger partial charge in [0, 0.05) is 13.5 Å². The molecule has 4 N–H and O–H groups in total. The lowest BCUT2D eigenvalue weighted by molar-refractivity contribution is -0.150. The molecule has 0 saturated heterocycles. The molecule has 1 aromatic heterocycles. The molecule has 0 spiro atoms. The van der Waals surface area contributed by atoms with Gasteiger partial charge in [-0.1, -0.05) is 0 Å². The summed E-state index contributed by atoms with van der Waals surface area (Å²) in [5.74, 6) is -7.27. The molecule has 1 aromatic rings. The smallest absolute Gasteiger partial charge is 0.306 e. The number of carboxylic acid groups (broad SMARTS) is 1. The highest BCUT2D eigenvalue weighted by atomic mass is 19.3. The van der Waals surface area contributed by atoms with Crippen LogP contribution in [-0.2, 0) is 4.79 Å². The van der Waals surface area contributed by atoms with Crippen molar-refractivity contribution in [1.29, 1.82) is 0 Å². The van der Waals surface area contributed by atoms with Crippen LogP contribution in [0, 0.1) is 5.92 Å². The van der Waals surface area contributed by atoms with E-state index in [0.717, 1.165) is 6.33 Å². The van der Waals surface area contributed by atoms with Crippen molar-refractivity contribution in [3.8, 4) is 0 Å². The summed E-state index contributed by atoms with van der Waals surface area (Å²) in [5.41, 5.74) is -0.423. The minimum absolute atomic E-state index is 0.0404. The Bertz CT molecular complexity index is 631. The molecule has 0 aromatic carbocycles. The number of carbonyl (C=O) groups excluding carboxylic acids is 2. The first kappa shape index (κ1) is 16.8. The number of aromatic nitrogens is 2. The molecule has 2 rings (SSSR count). The van der Waals surface area contributed by atoms with Crippen LogP contribution in [0.4, 0.5) is 8.78 Å². The van der Waals surface area contributed by atoms with E-state index < -0.39 is 42.1 Å². The summed E-state index contributed by atoms with van der Waals surface area (Å²) in [4.78, 5) is 40.6. The van der Waals surface area contributed by atoms with Gasteiger partial charge in [0.1, 0.15) is 5.69 Å². The number of carboxylic acids is 1. The summed E-state index contributed by atoms with van der Waals surface area (Å²) in [5, 5.41) is 13.3. The van der Waals surface area contributed by atoms with Crippen molar-refractivity contribution in [3.05, 3.63) is 17.7 Å². The second-order valence-electron chi connectivity index (χ2n) is 5.31.